The molecule has 1 fully saturated rings. The number of hydrogen-bond acceptors (Lipinski definition) is 4. The molecule has 0 radical (unpaired) electrons. The van der Waals surface area contributed by atoms with Crippen LogP contribution in [0, 0.1) is 11.8 Å². The number of ether oxygens (including phenoxy) is 2. The largest absolute Gasteiger partial charge is 0.493 e. The summed E-state index contributed by atoms with van der Waals surface area (Å²) in [5.41, 5.74) is 0.869. The molecule has 1 unspecified atom stereocenters. The lowest BCUT2D eigenvalue weighted by Gasteiger charge is -2.16. The average molecular weight is 293 g/mol. The van der Waals surface area contributed by atoms with Crippen LogP contribution >= 0.6 is 0 Å². The fourth-order valence-corrected chi connectivity index (χ4v) is 2.28. The monoisotopic (exact) mass is 293 g/mol. The maximum absolute atomic E-state index is 12.0. The summed E-state index contributed by atoms with van der Waals surface area (Å²) in [4.78, 5) is 22.7. The maximum atomic E-state index is 12.0. The lowest BCUT2D eigenvalue weighted by Crippen LogP contribution is -2.29. The fourth-order valence-electron chi connectivity index (χ4n) is 2.28. The Labute approximate surface area is 123 Å². The first-order valence-corrected chi connectivity index (χ1v) is 6.73. The van der Waals surface area contributed by atoms with Crippen molar-refractivity contribution in [2.24, 2.45) is 11.8 Å². The molecule has 1 aliphatic carbocycles. The maximum Gasteiger partial charge on any atom is 0.307 e. The lowest BCUT2D eigenvalue weighted by molar-refractivity contribution is -0.140. The highest BCUT2D eigenvalue weighted by Crippen LogP contribution is 2.39. The van der Waals surface area contributed by atoms with Gasteiger partial charge in [-0.15, -0.1) is 0 Å². The van der Waals surface area contributed by atoms with Crippen molar-refractivity contribution in [2.45, 2.75) is 19.4 Å². The molecule has 0 saturated heterocycles. The molecule has 1 aromatic carbocycles. The zero-order chi connectivity index (χ0) is 15.6. The van der Waals surface area contributed by atoms with E-state index in [1.54, 1.807) is 26.4 Å². The summed E-state index contributed by atoms with van der Waals surface area (Å²) >= 11 is 0. The quantitative estimate of drug-likeness (QED) is 0.832. The Hall–Kier alpha value is -2.24. The highest BCUT2D eigenvalue weighted by Gasteiger charge is 2.48. The third kappa shape index (κ3) is 3.26. The minimum Gasteiger partial charge on any atom is -0.493 e. The van der Waals surface area contributed by atoms with E-state index in [0.717, 1.165) is 5.56 Å². The van der Waals surface area contributed by atoms with Crippen molar-refractivity contribution in [3.63, 3.8) is 0 Å². The van der Waals surface area contributed by atoms with Crippen LogP contribution in [0.5, 0.6) is 11.5 Å². The van der Waals surface area contributed by atoms with Gasteiger partial charge >= 0.3 is 5.97 Å². The summed E-state index contributed by atoms with van der Waals surface area (Å²) in [5.74, 6) is -0.870. The number of methoxy groups -OCH3 is 2. The molecule has 6 heteroatoms. The van der Waals surface area contributed by atoms with Gasteiger partial charge in [0.15, 0.2) is 11.5 Å². The molecule has 2 N–H and O–H groups in total. The van der Waals surface area contributed by atoms with Gasteiger partial charge in [-0.3, -0.25) is 9.59 Å². The van der Waals surface area contributed by atoms with Crippen molar-refractivity contribution in [1.82, 2.24) is 5.32 Å². The minimum absolute atomic E-state index is 0.218. The Morgan fingerprint density at radius 3 is 2.43 bits per heavy atom. The fraction of sp³-hybridized carbons (Fsp3) is 0.467. The van der Waals surface area contributed by atoms with Crippen LogP contribution in [0.3, 0.4) is 0 Å². The molecule has 0 spiro atoms. The van der Waals surface area contributed by atoms with E-state index in [4.69, 9.17) is 14.6 Å². The van der Waals surface area contributed by atoms with Gasteiger partial charge in [-0.2, -0.15) is 0 Å². The highest BCUT2D eigenvalue weighted by atomic mass is 16.5. The van der Waals surface area contributed by atoms with Crippen molar-refractivity contribution in [1.29, 1.82) is 0 Å². The number of nitrogens with one attached hydrogen (secondary N) is 1. The molecule has 0 aliphatic heterocycles. The predicted molar refractivity (Wildman–Crippen MR) is 75.3 cm³/mol. The summed E-state index contributed by atoms with van der Waals surface area (Å²) in [6.07, 6.45) is 0.416. The molecular formula is C15H19NO5. The normalized spacial score (nSPS) is 21.3. The van der Waals surface area contributed by atoms with Crippen LogP contribution in [0.2, 0.25) is 0 Å². The Bertz CT molecular complexity index is 557. The van der Waals surface area contributed by atoms with Gasteiger partial charge in [-0.1, -0.05) is 6.07 Å². The smallest absolute Gasteiger partial charge is 0.307 e. The summed E-state index contributed by atoms with van der Waals surface area (Å²) in [5, 5.41) is 11.7. The van der Waals surface area contributed by atoms with Crippen LogP contribution < -0.4 is 14.8 Å². The van der Waals surface area contributed by atoms with Crippen LogP contribution in [-0.4, -0.2) is 31.2 Å². The third-order valence-electron chi connectivity index (χ3n) is 3.71. The molecule has 1 aromatic rings. The molecular weight excluding hydrogens is 274 g/mol. The number of carboxylic acids is 1. The van der Waals surface area contributed by atoms with Crippen LogP contribution in [0.4, 0.5) is 0 Å². The van der Waals surface area contributed by atoms with E-state index in [0.29, 0.717) is 17.9 Å². The van der Waals surface area contributed by atoms with E-state index in [1.165, 1.54) is 0 Å². The molecule has 1 amide bonds. The number of hydrogen-bond donors (Lipinski definition) is 2. The van der Waals surface area contributed by atoms with Gasteiger partial charge in [0.2, 0.25) is 5.91 Å². The Morgan fingerprint density at radius 2 is 1.90 bits per heavy atom. The standard InChI is InChI=1S/C15H19NO5/c1-8(16-14(17)10-7-11(10)15(18)19)9-4-5-12(20-2)13(6-9)21-3/h4-6,8,10-11H,7H2,1-3H3,(H,16,17)(H,18,19)/t8?,10-,11+/m1/s1. The van der Waals surface area contributed by atoms with E-state index >= 15 is 0 Å². The van der Waals surface area contributed by atoms with E-state index in [1.807, 2.05) is 13.0 Å². The van der Waals surface area contributed by atoms with Crippen molar-refractivity contribution >= 4 is 11.9 Å². The van der Waals surface area contributed by atoms with Crippen molar-refractivity contribution in [3.8, 4) is 11.5 Å². The molecule has 114 valence electrons. The molecule has 6 nitrogen and oxygen atoms in total. The Morgan fingerprint density at radius 1 is 1.24 bits per heavy atom. The molecule has 3 atom stereocenters. The zero-order valence-electron chi connectivity index (χ0n) is 12.3. The first kappa shape index (κ1) is 15.2. The van der Waals surface area contributed by atoms with Crippen molar-refractivity contribution in [3.05, 3.63) is 23.8 Å². The summed E-state index contributed by atoms with van der Waals surface area (Å²) in [6.45, 7) is 1.84. The van der Waals surface area contributed by atoms with E-state index < -0.39 is 17.8 Å². The average Bonchev–Trinajstić information content (AvgIpc) is 3.27. The van der Waals surface area contributed by atoms with E-state index in [9.17, 15) is 9.59 Å². The van der Waals surface area contributed by atoms with E-state index in [-0.39, 0.29) is 11.9 Å². The number of rotatable bonds is 6. The second kappa shape index (κ2) is 6.03. The van der Waals surface area contributed by atoms with Gasteiger partial charge in [0, 0.05) is 0 Å². The number of amides is 1. The van der Waals surface area contributed by atoms with Crippen molar-refractivity contribution < 1.29 is 24.2 Å². The van der Waals surface area contributed by atoms with Gasteiger partial charge in [-0.05, 0) is 31.0 Å². The number of carbonyl (C=O) groups is 2. The second-order valence-electron chi connectivity index (χ2n) is 5.13. The van der Waals surface area contributed by atoms with Gasteiger partial charge in [0.05, 0.1) is 32.1 Å². The molecule has 0 aromatic heterocycles. The molecule has 0 bridgehead atoms. The molecule has 21 heavy (non-hydrogen) atoms. The molecule has 1 aliphatic rings. The Balaban J connectivity index is 2.02. The first-order valence-electron chi connectivity index (χ1n) is 6.73. The first-order chi connectivity index (χ1) is 9.97. The summed E-state index contributed by atoms with van der Waals surface area (Å²) < 4.78 is 10.4. The van der Waals surface area contributed by atoms with Crippen LogP contribution in [-0.2, 0) is 9.59 Å². The lowest BCUT2D eigenvalue weighted by atomic mass is 10.1. The number of carboxylic acid groups (broad SMARTS) is 1. The topological polar surface area (TPSA) is 84.9 Å². The number of aliphatic carboxylic acids is 1. The predicted octanol–water partition coefficient (Wildman–Crippen LogP) is 1.60. The van der Waals surface area contributed by atoms with Crippen LogP contribution in [0.1, 0.15) is 24.9 Å². The molecule has 2 rings (SSSR count). The van der Waals surface area contributed by atoms with Gasteiger partial charge in [-0.25, -0.2) is 0 Å². The minimum atomic E-state index is -0.908. The number of benzene rings is 1. The van der Waals surface area contributed by atoms with Gasteiger partial charge in [0.25, 0.3) is 0 Å². The van der Waals surface area contributed by atoms with Gasteiger partial charge in [0.1, 0.15) is 0 Å². The highest BCUT2D eigenvalue weighted by molar-refractivity contribution is 5.89. The molecule has 0 heterocycles. The zero-order valence-corrected chi connectivity index (χ0v) is 12.3. The SMILES string of the molecule is COc1ccc(C(C)NC(=O)[C@@H]2C[C@@H]2C(=O)O)cc1OC. The second-order valence-corrected chi connectivity index (χ2v) is 5.13. The number of carbonyl (C=O) groups excluding carboxylic acids is 1. The Kier molecular flexibility index (Phi) is 4.35. The third-order valence-corrected chi connectivity index (χ3v) is 3.71. The molecule has 1 saturated carbocycles. The van der Waals surface area contributed by atoms with Crippen LogP contribution in [0.25, 0.3) is 0 Å². The van der Waals surface area contributed by atoms with E-state index in [2.05, 4.69) is 5.32 Å². The van der Waals surface area contributed by atoms with Crippen molar-refractivity contribution in [2.75, 3.05) is 14.2 Å². The summed E-state index contributed by atoms with van der Waals surface area (Å²) in [7, 11) is 3.11. The van der Waals surface area contributed by atoms with Crippen LogP contribution in [0.15, 0.2) is 18.2 Å². The summed E-state index contributed by atoms with van der Waals surface area (Å²) in [6, 6.07) is 5.18. The van der Waals surface area contributed by atoms with Gasteiger partial charge < -0.3 is 19.9 Å².